The summed E-state index contributed by atoms with van der Waals surface area (Å²) in [5.74, 6) is -1.33. The zero-order chi connectivity index (χ0) is 19.7. The molecule has 5 heteroatoms. The predicted molar refractivity (Wildman–Crippen MR) is 107 cm³/mol. The van der Waals surface area contributed by atoms with E-state index in [4.69, 9.17) is 4.84 Å². The van der Waals surface area contributed by atoms with E-state index < -0.39 is 17.8 Å². The van der Waals surface area contributed by atoms with Crippen molar-refractivity contribution in [2.45, 2.75) is 110 Å². The van der Waals surface area contributed by atoms with Gasteiger partial charge in [-0.1, -0.05) is 70.4 Å². The lowest BCUT2D eigenvalue weighted by atomic mass is 10.1. The molecular weight excluding hydrogens is 342 g/mol. The molecule has 0 aromatic heterocycles. The number of allylic oxidation sites excluding steroid dienone is 2. The van der Waals surface area contributed by atoms with Crippen LogP contribution in [0, 0.1) is 0 Å². The molecule has 0 spiro atoms. The number of carbonyl (C=O) groups excluding carboxylic acids is 3. The van der Waals surface area contributed by atoms with E-state index in [1.807, 2.05) is 0 Å². The Bertz CT molecular complexity index is 457. The third kappa shape index (κ3) is 11.6. The number of hydrogen-bond acceptors (Lipinski definition) is 4. The zero-order valence-electron chi connectivity index (χ0n) is 17.0. The molecule has 0 N–H and O–H groups in total. The fourth-order valence-corrected chi connectivity index (χ4v) is 3.15. The molecule has 0 radical (unpaired) electrons. The average Bonchev–Trinajstić information content (AvgIpc) is 2.97. The van der Waals surface area contributed by atoms with Crippen LogP contribution in [0.4, 0.5) is 0 Å². The van der Waals surface area contributed by atoms with Gasteiger partial charge in [0.15, 0.2) is 0 Å². The third-order valence-corrected chi connectivity index (χ3v) is 4.84. The van der Waals surface area contributed by atoms with Gasteiger partial charge >= 0.3 is 5.97 Å². The van der Waals surface area contributed by atoms with E-state index in [1.54, 1.807) is 0 Å². The molecule has 0 aliphatic carbocycles. The van der Waals surface area contributed by atoms with E-state index in [-0.39, 0.29) is 19.3 Å². The maximum absolute atomic E-state index is 11.6. The molecule has 1 saturated heterocycles. The van der Waals surface area contributed by atoms with Crippen molar-refractivity contribution in [3.8, 4) is 0 Å². The zero-order valence-corrected chi connectivity index (χ0v) is 17.0. The van der Waals surface area contributed by atoms with Crippen molar-refractivity contribution in [3.05, 3.63) is 12.2 Å². The quantitative estimate of drug-likeness (QED) is 0.198. The van der Waals surface area contributed by atoms with Crippen LogP contribution in [0.1, 0.15) is 110 Å². The van der Waals surface area contributed by atoms with Crippen molar-refractivity contribution in [1.29, 1.82) is 0 Å². The lowest BCUT2D eigenvalue weighted by Gasteiger charge is -2.12. The summed E-state index contributed by atoms with van der Waals surface area (Å²) in [6.45, 7) is 2.25. The molecule has 154 valence electrons. The van der Waals surface area contributed by atoms with E-state index in [1.165, 1.54) is 57.8 Å². The Hall–Kier alpha value is -1.65. The molecule has 0 aromatic carbocycles. The Labute approximate surface area is 164 Å². The first-order valence-corrected chi connectivity index (χ1v) is 10.9. The first-order valence-electron chi connectivity index (χ1n) is 10.9. The maximum atomic E-state index is 11.6. The third-order valence-electron chi connectivity index (χ3n) is 4.84. The van der Waals surface area contributed by atoms with Crippen LogP contribution >= 0.6 is 0 Å². The highest BCUT2D eigenvalue weighted by Crippen LogP contribution is 2.14. The number of imide groups is 1. The lowest BCUT2D eigenvalue weighted by Crippen LogP contribution is -2.31. The molecule has 0 aromatic rings. The van der Waals surface area contributed by atoms with Gasteiger partial charge in [0.05, 0.1) is 0 Å². The number of hydroxylamine groups is 2. The number of amides is 2. The monoisotopic (exact) mass is 379 g/mol. The minimum absolute atomic E-state index is 0.138. The standard InChI is InChI=1S/C22H37NO4/c1-2-3-4-5-6-7-8-9-10-11-12-13-14-15-16-17-22(26)27-23-20(24)18-19-21(23)25/h9-10H,2-8,11-19H2,1H3/b10-9+. The van der Waals surface area contributed by atoms with Gasteiger partial charge in [-0.2, -0.15) is 0 Å². The normalized spacial score (nSPS) is 14.5. The topological polar surface area (TPSA) is 63.7 Å². The van der Waals surface area contributed by atoms with E-state index >= 15 is 0 Å². The highest BCUT2D eigenvalue weighted by Gasteiger charge is 2.32. The molecule has 1 aliphatic rings. The van der Waals surface area contributed by atoms with Gasteiger partial charge < -0.3 is 4.84 Å². The highest BCUT2D eigenvalue weighted by atomic mass is 16.7. The molecule has 0 saturated carbocycles. The Morgan fingerprint density at radius 3 is 1.85 bits per heavy atom. The second-order valence-corrected chi connectivity index (χ2v) is 7.38. The van der Waals surface area contributed by atoms with Gasteiger partial charge in [0.2, 0.25) is 0 Å². The molecule has 1 rings (SSSR count). The van der Waals surface area contributed by atoms with E-state index in [9.17, 15) is 14.4 Å². The van der Waals surface area contributed by atoms with Crippen LogP contribution in [0.15, 0.2) is 12.2 Å². The Morgan fingerprint density at radius 1 is 0.815 bits per heavy atom. The van der Waals surface area contributed by atoms with Crippen molar-refractivity contribution >= 4 is 17.8 Å². The highest BCUT2D eigenvalue weighted by molar-refractivity contribution is 6.01. The molecular formula is C22H37NO4. The van der Waals surface area contributed by atoms with Crippen molar-refractivity contribution in [3.63, 3.8) is 0 Å². The largest absolute Gasteiger partial charge is 0.333 e. The summed E-state index contributed by atoms with van der Waals surface area (Å²) < 4.78 is 0. The molecule has 1 aliphatic heterocycles. The average molecular weight is 380 g/mol. The Balaban J connectivity index is 1.86. The van der Waals surface area contributed by atoms with Gasteiger partial charge in [0.25, 0.3) is 11.8 Å². The Kier molecular flexibility index (Phi) is 13.4. The van der Waals surface area contributed by atoms with E-state index in [2.05, 4.69) is 19.1 Å². The van der Waals surface area contributed by atoms with Gasteiger partial charge in [-0.05, 0) is 32.1 Å². The smallest absolute Gasteiger partial charge is 0.330 e. The number of unbranched alkanes of at least 4 members (excludes halogenated alkanes) is 11. The molecule has 2 amide bonds. The maximum Gasteiger partial charge on any atom is 0.333 e. The molecule has 27 heavy (non-hydrogen) atoms. The molecule has 1 heterocycles. The van der Waals surface area contributed by atoms with E-state index in [0.29, 0.717) is 5.06 Å². The first-order chi connectivity index (χ1) is 13.1. The minimum Gasteiger partial charge on any atom is -0.330 e. The minimum atomic E-state index is -0.490. The SMILES string of the molecule is CCCCCCCC/C=C/CCCCCCCC(=O)ON1C(=O)CCC1=O. The van der Waals surface area contributed by atoms with Crippen LogP contribution in [-0.2, 0) is 19.2 Å². The number of hydrogen-bond donors (Lipinski definition) is 0. The van der Waals surface area contributed by atoms with Gasteiger partial charge in [-0.3, -0.25) is 9.59 Å². The second-order valence-electron chi connectivity index (χ2n) is 7.38. The molecule has 0 bridgehead atoms. The van der Waals surface area contributed by atoms with Gasteiger partial charge in [0, 0.05) is 19.3 Å². The summed E-state index contributed by atoms with van der Waals surface area (Å²) in [6.07, 6.45) is 20.8. The molecule has 1 fully saturated rings. The summed E-state index contributed by atoms with van der Waals surface area (Å²) in [5.41, 5.74) is 0. The van der Waals surface area contributed by atoms with Crippen LogP contribution in [-0.4, -0.2) is 22.8 Å². The van der Waals surface area contributed by atoms with Crippen LogP contribution in [0.5, 0.6) is 0 Å². The fourth-order valence-electron chi connectivity index (χ4n) is 3.15. The summed E-state index contributed by atoms with van der Waals surface area (Å²) in [4.78, 5) is 39.2. The van der Waals surface area contributed by atoms with Crippen molar-refractivity contribution < 1.29 is 19.2 Å². The van der Waals surface area contributed by atoms with Crippen molar-refractivity contribution in [1.82, 2.24) is 5.06 Å². The number of rotatable bonds is 16. The van der Waals surface area contributed by atoms with Crippen molar-refractivity contribution in [2.24, 2.45) is 0 Å². The second kappa shape index (κ2) is 15.4. The van der Waals surface area contributed by atoms with Gasteiger partial charge in [-0.25, -0.2) is 4.79 Å². The summed E-state index contributed by atoms with van der Waals surface area (Å²) in [7, 11) is 0. The Morgan fingerprint density at radius 2 is 1.30 bits per heavy atom. The van der Waals surface area contributed by atoms with E-state index in [0.717, 1.165) is 25.7 Å². The predicted octanol–water partition coefficient (Wildman–Crippen LogP) is 5.63. The molecule has 0 unspecified atom stereocenters. The fraction of sp³-hybridized carbons (Fsp3) is 0.773. The van der Waals surface area contributed by atoms with Crippen LogP contribution in [0.3, 0.4) is 0 Å². The molecule has 5 nitrogen and oxygen atoms in total. The summed E-state index contributed by atoms with van der Waals surface area (Å²) in [6, 6.07) is 0. The first kappa shape index (κ1) is 23.4. The van der Waals surface area contributed by atoms with Crippen LogP contribution in [0.2, 0.25) is 0 Å². The lowest BCUT2D eigenvalue weighted by molar-refractivity contribution is -0.197. The van der Waals surface area contributed by atoms with Gasteiger partial charge in [-0.15, -0.1) is 5.06 Å². The molecule has 0 atom stereocenters. The summed E-state index contributed by atoms with van der Waals surface area (Å²) in [5, 5.41) is 0.625. The number of carbonyl (C=O) groups is 3. The summed E-state index contributed by atoms with van der Waals surface area (Å²) >= 11 is 0. The van der Waals surface area contributed by atoms with Crippen LogP contribution < -0.4 is 0 Å². The van der Waals surface area contributed by atoms with Gasteiger partial charge in [0.1, 0.15) is 0 Å². The number of nitrogens with zero attached hydrogens (tertiary/aromatic N) is 1. The van der Waals surface area contributed by atoms with Crippen LogP contribution in [0.25, 0.3) is 0 Å². The van der Waals surface area contributed by atoms with Crippen molar-refractivity contribution in [2.75, 3.05) is 0 Å².